The largest absolute Gasteiger partial charge is 0.464 e. The second-order valence-corrected chi connectivity index (χ2v) is 6.19. The summed E-state index contributed by atoms with van der Waals surface area (Å²) in [5, 5.41) is 11.4. The van der Waals surface area contributed by atoms with Gasteiger partial charge in [0, 0.05) is 18.7 Å². The lowest BCUT2D eigenvalue weighted by Gasteiger charge is -2.19. The van der Waals surface area contributed by atoms with E-state index in [0.717, 1.165) is 17.7 Å². The Bertz CT molecular complexity index is 1000. The van der Waals surface area contributed by atoms with Crippen molar-refractivity contribution < 1.29 is 22.7 Å². The molecule has 0 aliphatic rings. The van der Waals surface area contributed by atoms with E-state index < -0.39 is 29.2 Å². The van der Waals surface area contributed by atoms with Gasteiger partial charge in [-0.25, -0.2) is 8.78 Å². The molecule has 1 aromatic heterocycles. The number of nitrogens with zero attached hydrogens (tertiary/aromatic N) is 1. The summed E-state index contributed by atoms with van der Waals surface area (Å²) in [6, 6.07) is 14.0. The van der Waals surface area contributed by atoms with E-state index in [9.17, 15) is 13.6 Å². The average molecular weight is 396 g/mol. The van der Waals surface area contributed by atoms with Crippen LogP contribution in [0.1, 0.15) is 29.7 Å². The number of nitriles is 1. The highest BCUT2D eigenvalue weighted by Crippen LogP contribution is 2.30. The highest BCUT2D eigenvalue weighted by atomic mass is 19.1. The number of nitrogens with one attached hydrogen (secondary N) is 1. The van der Waals surface area contributed by atoms with Gasteiger partial charge in [-0.1, -0.05) is 12.1 Å². The predicted molar refractivity (Wildman–Crippen MR) is 101 cm³/mol. The molecule has 29 heavy (non-hydrogen) atoms. The molecule has 1 amide bonds. The minimum Gasteiger partial charge on any atom is -0.464 e. The zero-order valence-electron chi connectivity index (χ0n) is 15.6. The Hall–Kier alpha value is -3.50. The molecule has 2 aromatic carbocycles. The van der Waals surface area contributed by atoms with E-state index in [1.807, 2.05) is 6.07 Å². The van der Waals surface area contributed by atoms with E-state index in [0.29, 0.717) is 11.3 Å². The van der Waals surface area contributed by atoms with Crippen molar-refractivity contribution in [2.24, 2.45) is 0 Å². The Labute approximate surface area is 166 Å². The number of hydrogen-bond acceptors (Lipinski definition) is 4. The summed E-state index contributed by atoms with van der Waals surface area (Å²) in [7, 11) is 0. The number of furan rings is 1. The normalized spacial score (nSPS) is 11.7. The second kappa shape index (κ2) is 9.13. The van der Waals surface area contributed by atoms with Gasteiger partial charge in [0.15, 0.2) is 6.10 Å². The van der Waals surface area contributed by atoms with E-state index in [4.69, 9.17) is 14.4 Å². The second-order valence-electron chi connectivity index (χ2n) is 6.19. The van der Waals surface area contributed by atoms with Crippen LogP contribution in [-0.4, -0.2) is 12.5 Å². The smallest absolute Gasteiger partial charge is 0.254 e. The monoisotopic (exact) mass is 396 g/mol. The van der Waals surface area contributed by atoms with Crippen LogP contribution in [0.15, 0.2) is 59.2 Å². The van der Waals surface area contributed by atoms with Crippen LogP contribution in [0, 0.1) is 23.0 Å². The molecule has 3 aromatic rings. The third-order valence-electron chi connectivity index (χ3n) is 4.27. The fourth-order valence-electron chi connectivity index (χ4n) is 2.86. The molecule has 0 radical (unpaired) electrons. The van der Waals surface area contributed by atoms with Gasteiger partial charge < -0.3 is 14.5 Å². The third kappa shape index (κ3) is 4.68. The van der Waals surface area contributed by atoms with Gasteiger partial charge >= 0.3 is 0 Å². The van der Waals surface area contributed by atoms with E-state index >= 15 is 0 Å². The maximum absolute atomic E-state index is 14.7. The van der Waals surface area contributed by atoms with Gasteiger partial charge in [0.05, 0.1) is 23.5 Å². The molecule has 1 atom stereocenters. The fraction of sp³-hybridized carbons (Fsp3) is 0.182. The molecule has 148 valence electrons. The summed E-state index contributed by atoms with van der Waals surface area (Å²) in [6.07, 6.45) is -0.0393. The van der Waals surface area contributed by atoms with Gasteiger partial charge in [-0.2, -0.15) is 5.26 Å². The number of halogens is 2. The molecule has 1 N–H and O–H groups in total. The van der Waals surface area contributed by atoms with Gasteiger partial charge in [-0.3, -0.25) is 4.79 Å². The Balaban J connectivity index is 1.81. The first-order chi connectivity index (χ1) is 14.0. The van der Waals surface area contributed by atoms with Crippen LogP contribution in [0.5, 0.6) is 0 Å². The van der Waals surface area contributed by atoms with E-state index in [-0.39, 0.29) is 18.7 Å². The SMILES string of the molecule is CCO[C@H](C(=O)NCc1ccc(C#N)cc1)c1c(F)cc(-c2ccco2)cc1F. The number of rotatable bonds is 7. The summed E-state index contributed by atoms with van der Waals surface area (Å²) < 4.78 is 39.9. The van der Waals surface area contributed by atoms with Gasteiger partial charge in [0.25, 0.3) is 5.91 Å². The molecule has 0 spiro atoms. The number of benzene rings is 2. The first kappa shape index (κ1) is 20.2. The summed E-state index contributed by atoms with van der Waals surface area (Å²) >= 11 is 0. The van der Waals surface area contributed by atoms with Crippen LogP contribution in [0.2, 0.25) is 0 Å². The van der Waals surface area contributed by atoms with Crippen molar-refractivity contribution >= 4 is 5.91 Å². The standard InChI is InChI=1S/C22H18F2N2O3/c1-2-28-21(22(27)26-13-15-7-5-14(12-25)6-8-15)20-17(23)10-16(11-18(20)24)19-4-3-9-29-19/h3-11,21H,2,13H2,1H3,(H,26,27)/t21-/m0/s1. The number of ether oxygens (including phenoxy) is 1. The van der Waals surface area contributed by atoms with Crippen molar-refractivity contribution in [2.45, 2.75) is 19.6 Å². The molecule has 0 aliphatic heterocycles. The summed E-state index contributed by atoms with van der Waals surface area (Å²) in [6.45, 7) is 1.85. The molecule has 0 saturated carbocycles. The van der Waals surface area contributed by atoms with Crippen LogP contribution >= 0.6 is 0 Å². The van der Waals surface area contributed by atoms with E-state index in [1.165, 1.54) is 6.26 Å². The number of hydrogen-bond donors (Lipinski definition) is 1. The molecular formula is C22H18F2N2O3. The maximum Gasteiger partial charge on any atom is 0.254 e. The molecule has 0 aliphatic carbocycles. The zero-order chi connectivity index (χ0) is 20.8. The molecule has 5 nitrogen and oxygen atoms in total. The topological polar surface area (TPSA) is 75.3 Å². The Morgan fingerprint density at radius 2 is 1.90 bits per heavy atom. The quantitative estimate of drug-likeness (QED) is 0.638. The summed E-state index contributed by atoms with van der Waals surface area (Å²) in [5.41, 5.74) is 0.997. The Morgan fingerprint density at radius 3 is 2.45 bits per heavy atom. The summed E-state index contributed by atoms with van der Waals surface area (Å²) in [5.74, 6) is -2.15. The third-order valence-corrected chi connectivity index (χ3v) is 4.27. The molecule has 0 saturated heterocycles. The lowest BCUT2D eigenvalue weighted by atomic mass is 10.0. The number of carbonyl (C=O) groups excluding carboxylic acids is 1. The lowest BCUT2D eigenvalue weighted by Crippen LogP contribution is -2.31. The molecule has 7 heteroatoms. The van der Waals surface area contributed by atoms with Crippen molar-refractivity contribution in [2.75, 3.05) is 6.61 Å². The highest BCUT2D eigenvalue weighted by molar-refractivity contribution is 5.82. The lowest BCUT2D eigenvalue weighted by molar-refractivity contribution is -0.133. The van der Waals surface area contributed by atoms with E-state index in [1.54, 1.807) is 43.3 Å². The fourth-order valence-corrected chi connectivity index (χ4v) is 2.86. The molecular weight excluding hydrogens is 378 g/mol. The zero-order valence-corrected chi connectivity index (χ0v) is 15.6. The maximum atomic E-state index is 14.7. The molecule has 1 heterocycles. The molecule has 3 rings (SSSR count). The van der Waals surface area contributed by atoms with Gasteiger partial charge in [-0.05, 0) is 48.9 Å². The van der Waals surface area contributed by atoms with Crippen LogP contribution in [0.3, 0.4) is 0 Å². The van der Waals surface area contributed by atoms with Crippen LogP contribution in [0.4, 0.5) is 8.78 Å². The van der Waals surface area contributed by atoms with Crippen molar-refractivity contribution in [3.8, 4) is 17.4 Å². The molecule has 0 unspecified atom stereocenters. The minimum absolute atomic E-state index is 0.0910. The summed E-state index contributed by atoms with van der Waals surface area (Å²) in [4.78, 5) is 12.6. The Kier molecular flexibility index (Phi) is 6.37. The number of carbonyl (C=O) groups is 1. The first-order valence-corrected chi connectivity index (χ1v) is 8.94. The van der Waals surface area contributed by atoms with Crippen molar-refractivity contribution in [1.82, 2.24) is 5.32 Å². The van der Waals surface area contributed by atoms with Gasteiger partial charge in [0.2, 0.25) is 0 Å². The van der Waals surface area contributed by atoms with Gasteiger partial charge in [-0.15, -0.1) is 0 Å². The number of amides is 1. The van der Waals surface area contributed by atoms with Gasteiger partial charge in [0.1, 0.15) is 17.4 Å². The van der Waals surface area contributed by atoms with E-state index in [2.05, 4.69) is 5.32 Å². The minimum atomic E-state index is -1.44. The van der Waals surface area contributed by atoms with Crippen molar-refractivity contribution in [3.63, 3.8) is 0 Å². The average Bonchev–Trinajstić information content (AvgIpc) is 3.26. The van der Waals surface area contributed by atoms with Crippen molar-refractivity contribution in [1.29, 1.82) is 5.26 Å². The Morgan fingerprint density at radius 1 is 1.21 bits per heavy atom. The molecule has 0 bridgehead atoms. The van der Waals surface area contributed by atoms with Crippen LogP contribution < -0.4 is 5.32 Å². The van der Waals surface area contributed by atoms with Crippen LogP contribution in [-0.2, 0) is 16.1 Å². The first-order valence-electron chi connectivity index (χ1n) is 8.94. The van der Waals surface area contributed by atoms with Crippen LogP contribution in [0.25, 0.3) is 11.3 Å². The molecule has 0 fully saturated rings. The predicted octanol–water partition coefficient (Wildman–Crippen LogP) is 4.49. The highest BCUT2D eigenvalue weighted by Gasteiger charge is 2.28. The van der Waals surface area contributed by atoms with Crippen molar-refractivity contribution in [3.05, 3.63) is 83.1 Å².